The van der Waals surface area contributed by atoms with Crippen LogP contribution in [0.1, 0.15) is 148 Å². The Hall–Kier alpha value is 0.718. The summed E-state index contributed by atoms with van der Waals surface area (Å²) in [6.07, 6.45) is 11.5. The average molecular weight is 1120 g/mol. The number of hydrogen-bond acceptors (Lipinski definition) is 9. The van der Waals surface area contributed by atoms with Crippen LogP contribution in [0.4, 0.5) is 0 Å². The van der Waals surface area contributed by atoms with Gasteiger partial charge in [0.1, 0.15) is 30.0 Å². The van der Waals surface area contributed by atoms with Crippen molar-refractivity contribution < 1.29 is 41.8 Å². The lowest BCUT2D eigenvalue weighted by atomic mass is 9.86. The van der Waals surface area contributed by atoms with E-state index in [2.05, 4.69) is 165 Å². The Morgan fingerprint density at radius 2 is 1.30 bits per heavy atom. The zero-order valence-electron chi connectivity index (χ0n) is 46.4. The second-order valence-electron chi connectivity index (χ2n) is 25.8. The second-order valence-corrected chi connectivity index (χ2v) is 45.6. The molecule has 4 fully saturated rings. The van der Waals surface area contributed by atoms with Crippen LogP contribution in [0.5, 0.6) is 0 Å². The van der Waals surface area contributed by atoms with Crippen LogP contribution in [-0.4, -0.2) is 122 Å². The Labute approximate surface area is 429 Å². The third-order valence-corrected chi connectivity index (χ3v) is 37.2. The maximum absolute atomic E-state index is 11.9. The number of alkyl halides is 1. The van der Waals surface area contributed by atoms with Gasteiger partial charge in [-0.15, -0.1) is 6.58 Å². The Morgan fingerprint density at radius 1 is 0.731 bits per heavy atom. The van der Waals surface area contributed by atoms with Crippen molar-refractivity contribution >= 4 is 55.9 Å². The molecule has 9 nitrogen and oxygen atoms in total. The summed E-state index contributed by atoms with van der Waals surface area (Å²) in [5.41, 5.74) is -0.264. The molecule has 1 N–H and O–H groups in total. The molecule has 4 rings (SSSR count). The van der Waals surface area contributed by atoms with Crippen LogP contribution in [0, 0.1) is 5.92 Å². The van der Waals surface area contributed by atoms with Gasteiger partial charge in [-0.1, -0.05) is 131 Å². The number of aliphatic hydroxyl groups is 1. The maximum Gasteiger partial charge on any atom is 0.193 e. The fourth-order valence-corrected chi connectivity index (χ4v) is 17.3. The molecule has 0 spiro atoms. The molecular formula is C53H103IO9Si4. The highest BCUT2D eigenvalue weighted by Gasteiger charge is 2.58. The minimum Gasteiger partial charge on any atom is -0.417 e. The molecule has 4 saturated heterocycles. The zero-order chi connectivity index (χ0) is 50.6. The quantitative estimate of drug-likeness (QED) is 0.0465. The monoisotopic (exact) mass is 1120 g/mol. The van der Waals surface area contributed by atoms with E-state index in [-0.39, 0.29) is 63.4 Å². The number of ether oxygens (including phenoxy) is 4. The fourth-order valence-electron chi connectivity index (χ4n) is 9.77. The van der Waals surface area contributed by atoms with Gasteiger partial charge in [-0.05, 0) is 130 Å². The average Bonchev–Trinajstić information content (AvgIpc) is 3.61. The maximum atomic E-state index is 11.9. The highest BCUT2D eigenvalue weighted by Crippen LogP contribution is 2.48. The summed E-state index contributed by atoms with van der Waals surface area (Å²) in [5, 5.41) is 11.7. The number of aliphatic hydroxyl groups excluding tert-OH is 1. The molecule has 4 heterocycles. The Balaban J connectivity index is 1.70. The molecule has 0 aliphatic carbocycles. The first-order chi connectivity index (χ1) is 30.8. The lowest BCUT2D eigenvalue weighted by Gasteiger charge is -2.56. The van der Waals surface area contributed by atoms with Crippen molar-refractivity contribution in [3.8, 4) is 0 Å². The molecule has 0 aromatic heterocycles. The van der Waals surface area contributed by atoms with Crippen molar-refractivity contribution in [3.05, 3.63) is 24.8 Å². The van der Waals surface area contributed by atoms with Crippen LogP contribution in [0.25, 0.3) is 0 Å². The Kier molecular flexibility index (Phi) is 21.5. The predicted octanol–water partition coefficient (Wildman–Crippen LogP) is 14.3. The SMILES string of the molecule is C=C[C@H](C)C[C@H]1CC[C@@H]2O[C@@H](CCC(O)/C=C/[C@H](O[Si](C)(C)C(C)(C)C)[C@@H]3O[C@H]4CC[C@H](CCO[Si](CC)(CC)CC)O[C@@H]4[C@H](O[Si](C)(C)C(C)(C)C)[C@@H]3O[Si](C)(C)C(C)(C)C)C[C@]2(CI)O1. The highest BCUT2D eigenvalue weighted by molar-refractivity contribution is 14.1. The third-order valence-electron chi connectivity index (χ3n) is 17.8. The Bertz CT molecular complexity index is 1560. The molecule has 0 saturated carbocycles. The van der Waals surface area contributed by atoms with E-state index in [9.17, 15) is 5.11 Å². The first-order valence-corrected chi connectivity index (χ1v) is 39.5. The third kappa shape index (κ3) is 15.2. The lowest BCUT2D eigenvalue weighted by molar-refractivity contribution is -0.267. The first kappa shape index (κ1) is 60.3. The Morgan fingerprint density at radius 3 is 1.84 bits per heavy atom. The normalized spacial score (nSPS) is 31.9. The fraction of sp³-hybridized carbons (Fsp3) is 0.925. The molecule has 13 atom stereocenters. The van der Waals surface area contributed by atoms with Crippen LogP contribution in [0.15, 0.2) is 24.8 Å². The molecule has 0 amide bonds. The molecule has 0 radical (unpaired) electrons. The zero-order valence-corrected chi connectivity index (χ0v) is 52.5. The van der Waals surface area contributed by atoms with Gasteiger partial charge in [0.2, 0.25) is 0 Å². The van der Waals surface area contributed by atoms with Crippen molar-refractivity contribution in [1.82, 2.24) is 0 Å². The molecule has 14 heteroatoms. The van der Waals surface area contributed by atoms with Gasteiger partial charge in [-0.25, -0.2) is 0 Å². The van der Waals surface area contributed by atoms with Gasteiger partial charge in [0, 0.05) is 17.5 Å². The summed E-state index contributed by atoms with van der Waals surface area (Å²) in [6.45, 7) is 48.6. The van der Waals surface area contributed by atoms with Gasteiger partial charge in [0.15, 0.2) is 33.3 Å². The van der Waals surface area contributed by atoms with Crippen LogP contribution in [0.3, 0.4) is 0 Å². The summed E-state index contributed by atoms with van der Waals surface area (Å²) >= 11 is 2.49. The molecule has 67 heavy (non-hydrogen) atoms. The number of hydrogen-bond donors (Lipinski definition) is 1. The van der Waals surface area contributed by atoms with E-state index in [4.69, 9.17) is 36.7 Å². The van der Waals surface area contributed by atoms with E-state index in [1.54, 1.807) is 0 Å². The lowest BCUT2D eigenvalue weighted by Crippen LogP contribution is -2.69. The van der Waals surface area contributed by atoms with Gasteiger partial charge in [-0.2, -0.15) is 0 Å². The molecule has 0 aromatic rings. The minimum atomic E-state index is -2.44. The van der Waals surface area contributed by atoms with E-state index in [1.165, 1.54) is 0 Å². The van der Waals surface area contributed by atoms with Crippen LogP contribution < -0.4 is 0 Å². The minimum absolute atomic E-state index is 0.0374. The molecule has 0 aromatic carbocycles. The van der Waals surface area contributed by atoms with Crippen LogP contribution in [0.2, 0.25) is 72.5 Å². The standard InChI is InChI=1S/C53H103IO9Si4/c1-21-38(5)35-41-29-32-45-53(37-54,60-41)36-42(57-45)27-25-39(55)26-30-44(61-64(15,16)50(6,7)8)47-49(63-66(19,20)52(12,13)14)48(62-65(17,18)51(9,10)11)46-43(59-47)31-28-40(58-46)33-34-56-67(22-2,23-3)24-4/h21,26,30,38-49,55H,1,22-25,27-29,31-37H2,2-20H3/b30-26+/t38-,39?,40+,41+,42-,43-,44-,45-,46-,47-,48-,49+,53+/m0/s1. The smallest absolute Gasteiger partial charge is 0.193 e. The summed E-state index contributed by atoms with van der Waals surface area (Å²) in [4.78, 5) is 0. The van der Waals surface area contributed by atoms with E-state index in [1.807, 2.05) is 12.2 Å². The molecule has 0 bridgehead atoms. The van der Waals surface area contributed by atoms with Crippen molar-refractivity contribution in [2.45, 2.75) is 293 Å². The van der Waals surface area contributed by atoms with Gasteiger partial charge in [-0.3, -0.25) is 0 Å². The van der Waals surface area contributed by atoms with Crippen molar-refractivity contribution in [2.24, 2.45) is 5.92 Å². The first-order valence-electron chi connectivity index (χ1n) is 26.7. The summed E-state index contributed by atoms with van der Waals surface area (Å²) in [6, 6.07) is 3.43. The van der Waals surface area contributed by atoms with Crippen molar-refractivity contribution in [1.29, 1.82) is 0 Å². The largest absolute Gasteiger partial charge is 0.417 e. The van der Waals surface area contributed by atoms with Crippen LogP contribution >= 0.6 is 22.6 Å². The van der Waals surface area contributed by atoms with Crippen molar-refractivity contribution in [3.63, 3.8) is 0 Å². The number of rotatable bonds is 23. The van der Waals surface area contributed by atoms with E-state index < -0.39 is 57.7 Å². The molecule has 392 valence electrons. The number of allylic oxidation sites excluding steroid dienone is 1. The molecule has 1 unspecified atom stereocenters. The summed E-state index contributed by atoms with van der Waals surface area (Å²) in [7, 11) is -8.95. The van der Waals surface area contributed by atoms with E-state index >= 15 is 0 Å². The van der Waals surface area contributed by atoms with E-state index in [0.717, 1.165) is 80.5 Å². The molecular weight excluding hydrogens is 1020 g/mol. The summed E-state index contributed by atoms with van der Waals surface area (Å²) in [5.74, 6) is 0.426. The van der Waals surface area contributed by atoms with Gasteiger partial charge in [0.05, 0.1) is 42.7 Å². The summed E-state index contributed by atoms with van der Waals surface area (Å²) < 4.78 is 58.9. The molecule has 4 aliphatic heterocycles. The predicted molar refractivity (Wildman–Crippen MR) is 298 cm³/mol. The highest BCUT2D eigenvalue weighted by atomic mass is 127. The number of halogens is 1. The van der Waals surface area contributed by atoms with Crippen molar-refractivity contribution in [2.75, 3.05) is 11.0 Å². The van der Waals surface area contributed by atoms with Gasteiger partial charge < -0.3 is 41.8 Å². The number of fused-ring (bicyclic) bond motifs is 2. The van der Waals surface area contributed by atoms with E-state index in [0.29, 0.717) is 12.3 Å². The second kappa shape index (κ2) is 23.9. The van der Waals surface area contributed by atoms with Gasteiger partial charge in [0.25, 0.3) is 0 Å². The molecule has 4 aliphatic rings. The topological polar surface area (TPSA) is 94.1 Å². The van der Waals surface area contributed by atoms with Crippen LogP contribution in [-0.2, 0) is 36.7 Å². The van der Waals surface area contributed by atoms with Gasteiger partial charge >= 0.3 is 0 Å².